The van der Waals surface area contributed by atoms with Gasteiger partial charge < -0.3 is 0 Å². The van der Waals surface area contributed by atoms with Crippen molar-refractivity contribution < 1.29 is 13.6 Å². The van der Waals surface area contributed by atoms with Crippen LogP contribution in [0.1, 0.15) is 23.2 Å². The van der Waals surface area contributed by atoms with E-state index < -0.39 is 11.6 Å². The molecular formula is C10H8F2OS. The van der Waals surface area contributed by atoms with Crippen molar-refractivity contribution in [3.05, 3.63) is 29.3 Å². The number of hydrogen-bond donors (Lipinski definition) is 0. The molecular weight excluding hydrogens is 206 g/mol. The lowest BCUT2D eigenvalue weighted by Gasteiger charge is -2.05. The van der Waals surface area contributed by atoms with E-state index in [4.69, 9.17) is 0 Å². The third kappa shape index (κ3) is 1.54. The highest BCUT2D eigenvalue weighted by Crippen LogP contribution is 2.32. The van der Waals surface area contributed by atoms with Crippen LogP contribution in [0.5, 0.6) is 0 Å². The van der Waals surface area contributed by atoms with E-state index in [1.165, 1.54) is 11.8 Å². The van der Waals surface area contributed by atoms with Crippen LogP contribution in [0, 0.1) is 11.6 Å². The number of fused-ring (bicyclic) bond motifs is 1. The van der Waals surface area contributed by atoms with Crippen LogP contribution in [0.25, 0.3) is 0 Å². The van der Waals surface area contributed by atoms with Crippen molar-refractivity contribution >= 4 is 17.5 Å². The Morgan fingerprint density at radius 3 is 2.71 bits per heavy atom. The molecule has 0 fully saturated rings. The lowest BCUT2D eigenvalue weighted by atomic mass is 10.1. The van der Waals surface area contributed by atoms with Crippen LogP contribution >= 0.6 is 11.8 Å². The summed E-state index contributed by atoms with van der Waals surface area (Å²) in [7, 11) is 0. The Bertz CT molecular complexity index is 390. The van der Waals surface area contributed by atoms with E-state index in [1.54, 1.807) is 0 Å². The van der Waals surface area contributed by atoms with Crippen LogP contribution in [0.3, 0.4) is 0 Å². The molecule has 4 heteroatoms. The molecule has 0 N–H and O–H groups in total. The second-order valence-electron chi connectivity index (χ2n) is 3.11. The quantitative estimate of drug-likeness (QED) is 0.660. The zero-order valence-corrected chi connectivity index (χ0v) is 8.16. The number of ketones is 1. The Morgan fingerprint density at radius 1 is 1.21 bits per heavy atom. The fourth-order valence-corrected chi connectivity index (χ4v) is 2.52. The number of rotatable bonds is 0. The maximum atomic E-state index is 13.3. The Morgan fingerprint density at radius 2 is 1.93 bits per heavy atom. The molecule has 0 atom stereocenters. The summed E-state index contributed by atoms with van der Waals surface area (Å²) < 4.78 is 26.5. The number of carbonyl (C=O) groups is 1. The molecule has 0 amide bonds. The van der Waals surface area contributed by atoms with Crippen LogP contribution in [0.4, 0.5) is 8.78 Å². The van der Waals surface area contributed by atoms with Gasteiger partial charge in [-0.25, -0.2) is 8.78 Å². The summed E-state index contributed by atoms with van der Waals surface area (Å²) in [5, 5.41) is 0. The normalized spacial score (nSPS) is 16.3. The summed E-state index contributed by atoms with van der Waals surface area (Å²) in [6.07, 6.45) is 0.984. The van der Waals surface area contributed by atoms with Crippen LogP contribution in [0.2, 0.25) is 0 Å². The minimum Gasteiger partial charge on any atom is -0.294 e. The van der Waals surface area contributed by atoms with Crippen LogP contribution in [0.15, 0.2) is 17.0 Å². The van der Waals surface area contributed by atoms with Crippen molar-refractivity contribution in [3.8, 4) is 0 Å². The smallest absolute Gasteiger partial charge is 0.167 e. The Hall–Kier alpha value is -0.900. The molecule has 1 heterocycles. The van der Waals surface area contributed by atoms with E-state index >= 15 is 0 Å². The van der Waals surface area contributed by atoms with Crippen LogP contribution in [-0.4, -0.2) is 11.5 Å². The van der Waals surface area contributed by atoms with Gasteiger partial charge in [0.1, 0.15) is 11.6 Å². The van der Waals surface area contributed by atoms with Gasteiger partial charge in [0.05, 0.1) is 10.5 Å². The number of carbonyl (C=O) groups excluding carboxylic acids is 1. The fourth-order valence-electron chi connectivity index (χ4n) is 1.47. The summed E-state index contributed by atoms with van der Waals surface area (Å²) in [6, 6.07) is 2.08. The minimum absolute atomic E-state index is 0.0625. The van der Waals surface area contributed by atoms with Crippen molar-refractivity contribution in [2.45, 2.75) is 17.7 Å². The second-order valence-corrected chi connectivity index (χ2v) is 4.21. The first-order valence-electron chi connectivity index (χ1n) is 4.34. The number of hydrogen-bond acceptors (Lipinski definition) is 2. The number of Topliss-reactive ketones (excluding diaryl/α,β-unsaturated/α-hetero) is 1. The highest BCUT2D eigenvalue weighted by molar-refractivity contribution is 7.99. The van der Waals surface area contributed by atoms with Gasteiger partial charge in [0.25, 0.3) is 0 Å². The zero-order valence-electron chi connectivity index (χ0n) is 7.35. The molecule has 0 bridgehead atoms. The third-order valence-corrected chi connectivity index (χ3v) is 3.31. The van der Waals surface area contributed by atoms with Crippen LogP contribution in [-0.2, 0) is 0 Å². The second kappa shape index (κ2) is 3.69. The van der Waals surface area contributed by atoms with Gasteiger partial charge >= 0.3 is 0 Å². The topological polar surface area (TPSA) is 17.1 Å². The summed E-state index contributed by atoms with van der Waals surface area (Å²) in [5.41, 5.74) is -0.0625. The third-order valence-electron chi connectivity index (χ3n) is 2.13. The van der Waals surface area contributed by atoms with Gasteiger partial charge in [-0.2, -0.15) is 0 Å². The van der Waals surface area contributed by atoms with Crippen molar-refractivity contribution in [2.75, 3.05) is 5.75 Å². The van der Waals surface area contributed by atoms with Crippen molar-refractivity contribution in [2.24, 2.45) is 0 Å². The Balaban J connectivity index is 2.62. The Labute approximate surface area is 84.5 Å². The standard InChI is InChI=1S/C10H8F2OS/c11-6-3-4-7(12)10-9(6)8(13)2-1-5-14-10/h3-4H,1-2,5H2. The lowest BCUT2D eigenvalue weighted by Crippen LogP contribution is -2.03. The molecule has 1 aliphatic rings. The van der Waals surface area contributed by atoms with Crippen LogP contribution < -0.4 is 0 Å². The average Bonchev–Trinajstić information content (AvgIpc) is 2.35. The first-order chi connectivity index (χ1) is 6.70. The molecule has 1 aromatic rings. The SMILES string of the molecule is O=C1CCCSc2c(F)ccc(F)c21. The molecule has 0 aromatic heterocycles. The number of benzene rings is 1. The molecule has 74 valence electrons. The van der Waals surface area contributed by atoms with Gasteiger partial charge in [-0.3, -0.25) is 4.79 Å². The van der Waals surface area contributed by atoms with Crippen molar-refractivity contribution in [1.29, 1.82) is 0 Å². The Kier molecular flexibility index (Phi) is 2.54. The first kappa shape index (κ1) is 9.65. The van der Waals surface area contributed by atoms with Crippen molar-refractivity contribution in [1.82, 2.24) is 0 Å². The summed E-state index contributed by atoms with van der Waals surface area (Å²) in [5.74, 6) is -0.733. The highest BCUT2D eigenvalue weighted by Gasteiger charge is 2.22. The maximum absolute atomic E-state index is 13.3. The summed E-state index contributed by atoms with van der Waals surface area (Å²) >= 11 is 1.22. The van der Waals surface area contributed by atoms with E-state index in [0.717, 1.165) is 12.1 Å². The van der Waals surface area contributed by atoms with E-state index in [0.29, 0.717) is 18.6 Å². The van der Waals surface area contributed by atoms with Gasteiger partial charge in [0.15, 0.2) is 5.78 Å². The van der Waals surface area contributed by atoms with Gasteiger partial charge in [0, 0.05) is 6.42 Å². The van der Waals surface area contributed by atoms with Gasteiger partial charge in [0.2, 0.25) is 0 Å². The lowest BCUT2D eigenvalue weighted by molar-refractivity contribution is 0.0975. The van der Waals surface area contributed by atoms with E-state index in [-0.39, 0.29) is 16.2 Å². The molecule has 0 unspecified atom stereocenters. The first-order valence-corrected chi connectivity index (χ1v) is 5.32. The molecule has 1 aliphatic heterocycles. The largest absolute Gasteiger partial charge is 0.294 e. The van der Waals surface area contributed by atoms with E-state index in [1.807, 2.05) is 0 Å². The molecule has 0 saturated heterocycles. The monoisotopic (exact) mass is 214 g/mol. The number of halogens is 2. The minimum atomic E-state index is -0.610. The summed E-state index contributed by atoms with van der Waals surface area (Å²) in [6.45, 7) is 0. The predicted molar refractivity (Wildman–Crippen MR) is 50.6 cm³/mol. The highest BCUT2D eigenvalue weighted by atomic mass is 32.2. The van der Waals surface area contributed by atoms with Gasteiger partial charge in [-0.15, -0.1) is 11.8 Å². The predicted octanol–water partition coefficient (Wildman–Crippen LogP) is 3.03. The molecule has 2 rings (SSSR count). The summed E-state index contributed by atoms with van der Waals surface area (Å²) in [4.78, 5) is 11.6. The van der Waals surface area contributed by atoms with Crippen molar-refractivity contribution in [3.63, 3.8) is 0 Å². The maximum Gasteiger partial charge on any atom is 0.167 e. The molecule has 0 aliphatic carbocycles. The molecule has 1 aromatic carbocycles. The molecule has 0 saturated carbocycles. The van der Waals surface area contributed by atoms with E-state index in [2.05, 4.69) is 0 Å². The molecule has 1 nitrogen and oxygen atoms in total. The molecule has 14 heavy (non-hydrogen) atoms. The van der Waals surface area contributed by atoms with E-state index in [9.17, 15) is 13.6 Å². The zero-order chi connectivity index (χ0) is 10.1. The van der Waals surface area contributed by atoms with Gasteiger partial charge in [-0.1, -0.05) is 0 Å². The number of thioether (sulfide) groups is 1. The molecule has 0 radical (unpaired) electrons. The fraction of sp³-hybridized carbons (Fsp3) is 0.300. The average molecular weight is 214 g/mol. The molecule has 0 spiro atoms. The van der Waals surface area contributed by atoms with Gasteiger partial charge in [-0.05, 0) is 24.3 Å².